The molecule has 5 heteroatoms. The van der Waals surface area contributed by atoms with Crippen molar-refractivity contribution in [1.82, 2.24) is 4.90 Å². The van der Waals surface area contributed by atoms with Crippen LogP contribution < -0.4 is 0 Å². The number of thiocarbonyl (C=S) groups is 1. The molecule has 1 amide bonds. The quantitative estimate of drug-likeness (QED) is 0.578. The van der Waals surface area contributed by atoms with E-state index in [0.29, 0.717) is 20.8 Å². The van der Waals surface area contributed by atoms with Gasteiger partial charge < -0.3 is 0 Å². The fraction of sp³-hybridized carbons (Fsp3) is 0.111. The maximum Gasteiger partial charge on any atom is 0.266 e. The Balaban J connectivity index is 1.71. The number of hydrogen-bond donors (Lipinski definition) is 0. The molecule has 2 aromatic carbocycles. The summed E-state index contributed by atoms with van der Waals surface area (Å²) >= 11 is 12.6. The Morgan fingerprint density at radius 3 is 2.48 bits per heavy atom. The SMILES string of the molecule is O=C1/C(=C/c2ccc(Cl)cc2)SC(=S)N1CCc1ccccc1. The number of nitrogens with zero attached hydrogens (tertiary/aromatic N) is 1. The summed E-state index contributed by atoms with van der Waals surface area (Å²) in [6.07, 6.45) is 2.65. The van der Waals surface area contributed by atoms with E-state index < -0.39 is 0 Å². The van der Waals surface area contributed by atoms with Crippen LogP contribution >= 0.6 is 35.6 Å². The van der Waals surface area contributed by atoms with Gasteiger partial charge in [-0.2, -0.15) is 0 Å². The van der Waals surface area contributed by atoms with Crippen molar-refractivity contribution in [2.24, 2.45) is 0 Å². The first-order valence-corrected chi connectivity index (χ1v) is 8.78. The van der Waals surface area contributed by atoms with Crippen LogP contribution in [0.1, 0.15) is 11.1 Å². The standard InChI is InChI=1S/C18H14ClNOS2/c19-15-8-6-14(7-9-15)12-16-17(21)20(18(22)23-16)11-10-13-4-2-1-3-5-13/h1-9,12H,10-11H2/b16-12-. The number of thioether (sulfide) groups is 1. The molecule has 0 aliphatic carbocycles. The van der Waals surface area contributed by atoms with E-state index in [-0.39, 0.29) is 5.91 Å². The van der Waals surface area contributed by atoms with E-state index in [1.54, 1.807) is 4.90 Å². The normalized spacial score (nSPS) is 16.4. The van der Waals surface area contributed by atoms with Crippen LogP contribution in [0, 0.1) is 0 Å². The molecule has 0 bridgehead atoms. The van der Waals surface area contributed by atoms with Crippen LogP contribution in [0.3, 0.4) is 0 Å². The van der Waals surface area contributed by atoms with Crippen molar-refractivity contribution in [3.63, 3.8) is 0 Å². The monoisotopic (exact) mass is 359 g/mol. The minimum Gasteiger partial charge on any atom is -0.293 e. The summed E-state index contributed by atoms with van der Waals surface area (Å²) in [5.41, 5.74) is 2.14. The molecule has 1 aliphatic heterocycles. The number of amides is 1. The molecule has 0 N–H and O–H groups in total. The highest BCUT2D eigenvalue weighted by atomic mass is 35.5. The second-order valence-corrected chi connectivity index (χ2v) is 7.23. The molecule has 1 heterocycles. The second-order valence-electron chi connectivity index (χ2n) is 5.12. The van der Waals surface area contributed by atoms with Crippen LogP contribution in [-0.4, -0.2) is 21.7 Å². The zero-order valence-corrected chi connectivity index (χ0v) is 14.6. The first kappa shape index (κ1) is 16.2. The van der Waals surface area contributed by atoms with Crippen molar-refractivity contribution in [2.75, 3.05) is 6.54 Å². The van der Waals surface area contributed by atoms with Gasteiger partial charge in [-0.05, 0) is 35.8 Å². The molecule has 0 unspecified atom stereocenters. The summed E-state index contributed by atoms with van der Waals surface area (Å²) in [6, 6.07) is 17.5. The number of halogens is 1. The van der Waals surface area contributed by atoms with E-state index in [1.807, 2.05) is 48.5 Å². The predicted molar refractivity (Wildman–Crippen MR) is 101 cm³/mol. The number of carbonyl (C=O) groups is 1. The molecule has 0 saturated carbocycles. The third kappa shape index (κ3) is 4.02. The maximum absolute atomic E-state index is 12.5. The Morgan fingerprint density at radius 2 is 1.78 bits per heavy atom. The Hall–Kier alpha value is -1.62. The first-order valence-electron chi connectivity index (χ1n) is 7.18. The van der Waals surface area contributed by atoms with Crippen molar-refractivity contribution in [1.29, 1.82) is 0 Å². The molecule has 2 aromatic rings. The Morgan fingerprint density at radius 1 is 1.09 bits per heavy atom. The zero-order valence-electron chi connectivity index (χ0n) is 12.2. The van der Waals surface area contributed by atoms with Crippen molar-refractivity contribution in [3.05, 3.63) is 75.7 Å². The van der Waals surface area contributed by atoms with Gasteiger partial charge in [0.2, 0.25) is 0 Å². The van der Waals surface area contributed by atoms with Crippen molar-refractivity contribution < 1.29 is 4.79 Å². The van der Waals surface area contributed by atoms with Gasteiger partial charge in [-0.1, -0.05) is 78.0 Å². The third-order valence-electron chi connectivity index (χ3n) is 3.51. The summed E-state index contributed by atoms with van der Waals surface area (Å²) in [6.45, 7) is 0.604. The molecule has 2 nitrogen and oxygen atoms in total. The van der Waals surface area contributed by atoms with E-state index >= 15 is 0 Å². The van der Waals surface area contributed by atoms with E-state index in [2.05, 4.69) is 12.1 Å². The van der Waals surface area contributed by atoms with Gasteiger partial charge in [0.15, 0.2) is 0 Å². The van der Waals surface area contributed by atoms with Crippen molar-refractivity contribution in [3.8, 4) is 0 Å². The van der Waals surface area contributed by atoms with Gasteiger partial charge >= 0.3 is 0 Å². The van der Waals surface area contributed by atoms with Gasteiger partial charge in [0.25, 0.3) is 5.91 Å². The summed E-state index contributed by atoms with van der Waals surface area (Å²) in [7, 11) is 0. The average molecular weight is 360 g/mol. The van der Waals surface area contributed by atoms with Crippen molar-refractivity contribution >= 4 is 51.9 Å². The molecular formula is C18H14ClNOS2. The zero-order chi connectivity index (χ0) is 16.2. The Kier molecular flexibility index (Phi) is 5.16. The number of benzene rings is 2. The highest BCUT2D eigenvalue weighted by Crippen LogP contribution is 2.32. The summed E-state index contributed by atoms with van der Waals surface area (Å²) in [4.78, 5) is 14.9. The predicted octanol–water partition coefficient (Wildman–Crippen LogP) is 4.78. The topological polar surface area (TPSA) is 20.3 Å². The molecule has 1 saturated heterocycles. The van der Waals surface area contributed by atoms with Crippen LogP contribution in [-0.2, 0) is 11.2 Å². The van der Waals surface area contributed by atoms with Gasteiger partial charge in [-0.3, -0.25) is 9.69 Å². The van der Waals surface area contributed by atoms with Crippen LogP contribution in [0.15, 0.2) is 59.5 Å². The Labute approximate surface area is 150 Å². The third-order valence-corrected chi connectivity index (χ3v) is 5.14. The van der Waals surface area contributed by atoms with Gasteiger partial charge in [0.05, 0.1) is 4.91 Å². The van der Waals surface area contributed by atoms with Gasteiger partial charge in [-0.25, -0.2) is 0 Å². The van der Waals surface area contributed by atoms with Gasteiger partial charge in [-0.15, -0.1) is 0 Å². The fourth-order valence-electron chi connectivity index (χ4n) is 2.29. The summed E-state index contributed by atoms with van der Waals surface area (Å²) in [5.74, 6) is -0.0223. The lowest BCUT2D eigenvalue weighted by Crippen LogP contribution is -2.30. The maximum atomic E-state index is 12.5. The first-order chi connectivity index (χ1) is 11.1. The number of hydrogen-bond acceptors (Lipinski definition) is 3. The molecular weight excluding hydrogens is 346 g/mol. The lowest BCUT2D eigenvalue weighted by Gasteiger charge is -2.14. The minimum atomic E-state index is -0.0223. The van der Waals surface area contributed by atoms with Crippen LogP contribution in [0.4, 0.5) is 0 Å². The van der Waals surface area contributed by atoms with Crippen LogP contribution in [0.25, 0.3) is 6.08 Å². The van der Waals surface area contributed by atoms with Gasteiger partial charge in [0, 0.05) is 11.6 Å². The lowest BCUT2D eigenvalue weighted by molar-refractivity contribution is -0.122. The van der Waals surface area contributed by atoms with Crippen LogP contribution in [0.5, 0.6) is 0 Å². The molecule has 0 aromatic heterocycles. The number of carbonyl (C=O) groups excluding carboxylic acids is 1. The molecule has 1 aliphatic rings. The second kappa shape index (κ2) is 7.30. The van der Waals surface area contributed by atoms with Gasteiger partial charge in [0.1, 0.15) is 4.32 Å². The van der Waals surface area contributed by atoms with E-state index in [9.17, 15) is 4.79 Å². The smallest absolute Gasteiger partial charge is 0.266 e. The minimum absolute atomic E-state index is 0.0223. The van der Waals surface area contributed by atoms with Crippen molar-refractivity contribution in [2.45, 2.75) is 6.42 Å². The molecule has 23 heavy (non-hydrogen) atoms. The summed E-state index contributed by atoms with van der Waals surface area (Å²) in [5, 5.41) is 0.678. The van der Waals surface area contributed by atoms with Crippen LogP contribution in [0.2, 0.25) is 5.02 Å². The fourth-order valence-corrected chi connectivity index (χ4v) is 3.72. The highest BCUT2D eigenvalue weighted by Gasteiger charge is 2.31. The molecule has 0 radical (unpaired) electrons. The van der Waals surface area contributed by atoms with E-state index in [0.717, 1.165) is 12.0 Å². The molecule has 3 rings (SSSR count). The molecule has 0 spiro atoms. The highest BCUT2D eigenvalue weighted by molar-refractivity contribution is 8.26. The number of rotatable bonds is 4. The largest absolute Gasteiger partial charge is 0.293 e. The molecule has 0 atom stereocenters. The molecule has 1 fully saturated rings. The summed E-state index contributed by atoms with van der Waals surface area (Å²) < 4.78 is 0.617. The Bertz CT molecular complexity index is 756. The average Bonchev–Trinajstić information content (AvgIpc) is 2.82. The van der Waals surface area contributed by atoms with E-state index in [1.165, 1.54) is 17.3 Å². The van der Waals surface area contributed by atoms with E-state index in [4.69, 9.17) is 23.8 Å². The lowest BCUT2D eigenvalue weighted by atomic mass is 10.1. The molecule has 116 valence electrons.